The Morgan fingerprint density at radius 1 is 0.600 bits per heavy atom. The number of allylic oxidation sites excluding steroid dienone is 11. The Morgan fingerprint density at radius 2 is 1.18 bits per heavy atom. The highest BCUT2D eigenvalue weighted by Gasteiger charge is 2.26. The number of fused-ring (bicyclic) bond motifs is 3. The van der Waals surface area contributed by atoms with Gasteiger partial charge in [0, 0.05) is 0 Å². The number of rotatable bonds is 10. The van der Waals surface area contributed by atoms with Gasteiger partial charge in [0.15, 0.2) is 0 Å². The van der Waals surface area contributed by atoms with Crippen molar-refractivity contribution in [3.05, 3.63) is 232 Å². The summed E-state index contributed by atoms with van der Waals surface area (Å²) in [6, 6.07) is 50.2. The van der Waals surface area contributed by atoms with Gasteiger partial charge in [0.2, 0.25) is 0 Å². The standard InChI is InChI=1S/C50H44/c1-4-5-18-38-27-28-44-34-46(33-38)50(42-25-16-9-17-26-42)47-30-29-43(35-48(47)49(44)41-23-14-8-15-24-41)45(31-36(2)39-19-10-6-11-20-39)32-37(3)40-21-12-7-13-22-40/h6-17,19-33,35H,2,4-5,18,34H2,1,3H3/b37-32+,45-31+. The van der Waals surface area contributed by atoms with Crippen molar-refractivity contribution in [2.45, 2.75) is 39.5 Å². The highest BCUT2D eigenvalue weighted by molar-refractivity contribution is 5.99. The molecule has 2 aliphatic carbocycles. The van der Waals surface area contributed by atoms with Gasteiger partial charge in [-0.25, -0.2) is 0 Å². The molecule has 244 valence electrons. The van der Waals surface area contributed by atoms with Crippen molar-refractivity contribution in [2.24, 2.45) is 0 Å². The van der Waals surface area contributed by atoms with Crippen LogP contribution in [0.3, 0.4) is 0 Å². The Hall–Kier alpha value is -5.72. The van der Waals surface area contributed by atoms with E-state index in [1.54, 1.807) is 0 Å². The van der Waals surface area contributed by atoms with E-state index in [0.29, 0.717) is 0 Å². The normalized spacial score (nSPS) is 14.6. The van der Waals surface area contributed by atoms with Crippen LogP contribution in [0.5, 0.6) is 0 Å². The molecule has 0 aromatic heterocycles. The van der Waals surface area contributed by atoms with Crippen LogP contribution in [0.1, 0.15) is 78.5 Å². The fourth-order valence-corrected chi connectivity index (χ4v) is 7.20. The second-order valence-corrected chi connectivity index (χ2v) is 13.3. The van der Waals surface area contributed by atoms with Crippen molar-refractivity contribution in [1.29, 1.82) is 0 Å². The molecular formula is C50H44. The molecule has 0 fully saturated rings. The van der Waals surface area contributed by atoms with Gasteiger partial charge in [0.25, 0.3) is 0 Å². The summed E-state index contributed by atoms with van der Waals surface area (Å²) in [5.74, 6) is 0. The molecule has 5 aromatic carbocycles. The van der Waals surface area contributed by atoms with E-state index in [1.165, 1.54) is 79.7 Å². The lowest BCUT2D eigenvalue weighted by atomic mass is 9.84. The van der Waals surface area contributed by atoms with E-state index >= 15 is 0 Å². The van der Waals surface area contributed by atoms with Crippen LogP contribution in [-0.4, -0.2) is 0 Å². The molecule has 0 N–H and O–H groups in total. The van der Waals surface area contributed by atoms with E-state index in [4.69, 9.17) is 0 Å². The van der Waals surface area contributed by atoms with E-state index in [2.05, 4.69) is 190 Å². The first-order valence-electron chi connectivity index (χ1n) is 17.9. The molecule has 0 saturated heterocycles. The van der Waals surface area contributed by atoms with Crippen LogP contribution in [0.15, 0.2) is 193 Å². The van der Waals surface area contributed by atoms with E-state index in [9.17, 15) is 0 Å². The maximum atomic E-state index is 4.53. The lowest BCUT2D eigenvalue weighted by Crippen LogP contribution is -2.00. The van der Waals surface area contributed by atoms with Crippen LogP contribution >= 0.6 is 0 Å². The molecule has 0 nitrogen and oxygen atoms in total. The van der Waals surface area contributed by atoms with Crippen LogP contribution in [0, 0.1) is 0 Å². The van der Waals surface area contributed by atoms with Gasteiger partial charge in [-0.15, -0.1) is 0 Å². The smallest absolute Gasteiger partial charge is 0.00129 e. The molecule has 7 rings (SSSR count). The third kappa shape index (κ3) is 7.16. The van der Waals surface area contributed by atoms with Crippen LogP contribution in [-0.2, 0) is 0 Å². The lowest BCUT2D eigenvalue weighted by Gasteiger charge is -2.19. The monoisotopic (exact) mass is 644 g/mol. The molecule has 0 aliphatic heterocycles. The number of benzene rings is 5. The van der Waals surface area contributed by atoms with Crippen molar-refractivity contribution in [2.75, 3.05) is 0 Å². The first-order chi connectivity index (χ1) is 24.6. The van der Waals surface area contributed by atoms with Crippen molar-refractivity contribution in [3.63, 3.8) is 0 Å². The van der Waals surface area contributed by atoms with Gasteiger partial charge in [0.05, 0.1) is 0 Å². The maximum Gasteiger partial charge on any atom is -0.00129 e. The maximum absolute atomic E-state index is 4.53. The highest BCUT2D eigenvalue weighted by Crippen LogP contribution is 2.45. The van der Waals surface area contributed by atoms with Crippen molar-refractivity contribution >= 4 is 27.9 Å². The number of hydrogen-bond donors (Lipinski definition) is 0. The third-order valence-corrected chi connectivity index (χ3v) is 9.79. The molecule has 50 heavy (non-hydrogen) atoms. The summed E-state index contributed by atoms with van der Waals surface area (Å²) in [7, 11) is 0. The number of hydrogen-bond acceptors (Lipinski definition) is 0. The fourth-order valence-electron chi connectivity index (χ4n) is 7.20. The van der Waals surface area contributed by atoms with Gasteiger partial charge < -0.3 is 0 Å². The second kappa shape index (κ2) is 15.2. The van der Waals surface area contributed by atoms with Crippen molar-refractivity contribution in [3.8, 4) is 0 Å². The van der Waals surface area contributed by atoms with E-state index < -0.39 is 0 Å². The quantitative estimate of drug-likeness (QED) is 0.133. The molecule has 0 saturated carbocycles. The molecule has 2 bridgehead atoms. The second-order valence-electron chi connectivity index (χ2n) is 13.3. The Balaban J connectivity index is 1.49. The summed E-state index contributed by atoms with van der Waals surface area (Å²) >= 11 is 0. The zero-order valence-electron chi connectivity index (χ0n) is 29.2. The molecule has 0 atom stereocenters. The summed E-state index contributed by atoms with van der Waals surface area (Å²) in [6.45, 7) is 9.01. The molecule has 0 heteroatoms. The third-order valence-electron chi connectivity index (χ3n) is 9.79. The minimum absolute atomic E-state index is 0.880. The van der Waals surface area contributed by atoms with Crippen LogP contribution in [0.4, 0.5) is 0 Å². The van der Waals surface area contributed by atoms with Gasteiger partial charge in [-0.2, -0.15) is 0 Å². The molecular weight excluding hydrogens is 601 g/mol. The molecule has 0 amide bonds. The zero-order valence-corrected chi connectivity index (χ0v) is 29.2. The summed E-state index contributed by atoms with van der Waals surface area (Å²) in [4.78, 5) is 0. The molecule has 0 unspecified atom stereocenters. The van der Waals surface area contributed by atoms with Gasteiger partial charge in [-0.05, 0) is 122 Å². The van der Waals surface area contributed by atoms with E-state index in [1.807, 2.05) is 0 Å². The summed E-state index contributed by atoms with van der Waals surface area (Å²) < 4.78 is 0. The first-order valence-corrected chi connectivity index (χ1v) is 17.9. The molecule has 2 aliphatic rings. The molecule has 0 spiro atoms. The van der Waals surface area contributed by atoms with Gasteiger partial charge >= 0.3 is 0 Å². The molecule has 5 aromatic rings. The number of unbranched alkanes of at least 4 members (excludes halogenated alkanes) is 1. The highest BCUT2D eigenvalue weighted by atomic mass is 14.3. The average molecular weight is 645 g/mol. The Kier molecular flexibility index (Phi) is 9.99. The fraction of sp³-hybridized carbons (Fsp3) is 0.120. The SMILES string of the molecule is C=C(/C=C(\C=C(/C)c1ccccc1)c1ccc2c(c1)C(c1ccccc1)=C1C=CC(CCCC)=CC(=C2c2ccccc2)C1)c1ccccc1. The molecule has 0 heterocycles. The van der Waals surface area contributed by atoms with Gasteiger partial charge in [0.1, 0.15) is 0 Å². The van der Waals surface area contributed by atoms with Crippen LogP contribution in [0.2, 0.25) is 0 Å². The Morgan fingerprint density at radius 3 is 1.80 bits per heavy atom. The lowest BCUT2D eigenvalue weighted by molar-refractivity contribution is 0.797. The topological polar surface area (TPSA) is 0 Å². The van der Waals surface area contributed by atoms with Crippen LogP contribution < -0.4 is 0 Å². The summed E-state index contributed by atoms with van der Waals surface area (Å²) in [6.07, 6.45) is 16.2. The van der Waals surface area contributed by atoms with E-state index in [-0.39, 0.29) is 0 Å². The first kappa shape index (κ1) is 32.8. The predicted molar refractivity (Wildman–Crippen MR) is 216 cm³/mol. The zero-order chi connectivity index (χ0) is 34.3. The van der Waals surface area contributed by atoms with Gasteiger partial charge in [-0.1, -0.05) is 178 Å². The van der Waals surface area contributed by atoms with Gasteiger partial charge in [-0.3, -0.25) is 0 Å². The van der Waals surface area contributed by atoms with Crippen molar-refractivity contribution in [1.82, 2.24) is 0 Å². The largest absolute Gasteiger partial charge is 0.0911 e. The average Bonchev–Trinajstić information content (AvgIpc) is 3.45. The van der Waals surface area contributed by atoms with Crippen LogP contribution in [0.25, 0.3) is 27.9 Å². The summed E-state index contributed by atoms with van der Waals surface area (Å²) in [5, 5.41) is 0. The minimum Gasteiger partial charge on any atom is -0.0911 e. The van der Waals surface area contributed by atoms with E-state index in [0.717, 1.165) is 29.6 Å². The van der Waals surface area contributed by atoms with Crippen molar-refractivity contribution < 1.29 is 0 Å². The Labute approximate surface area is 298 Å². The minimum atomic E-state index is 0.880. The summed E-state index contributed by atoms with van der Waals surface area (Å²) in [5.41, 5.74) is 18.6. The molecule has 0 radical (unpaired) electrons. The predicted octanol–water partition coefficient (Wildman–Crippen LogP) is 13.6. The Bertz CT molecular complexity index is 2180.